The SMILES string of the molecule is CC1(C)CC(=O)Oc2ccc(OS(C)(=O)=O)cc21. The largest absolute Gasteiger partial charge is 0.426 e. The van der Waals surface area contributed by atoms with Crippen molar-refractivity contribution >= 4 is 16.1 Å². The van der Waals surface area contributed by atoms with Crippen molar-refractivity contribution in [1.29, 1.82) is 0 Å². The van der Waals surface area contributed by atoms with E-state index in [1.54, 1.807) is 12.1 Å². The van der Waals surface area contributed by atoms with Crippen LogP contribution in [0.2, 0.25) is 0 Å². The van der Waals surface area contributed by atoms with Crippen molar-refractivity contribution in [3.63, 3.8) is 0 Å². The molecular weight excluding hydrogens is 256 g/mol. The van der Waals surface area contributed by atoms with Gasteiger partial charge in [-0.05, 0) is 18.2 Å². The van der Waals surface area contributed by atoms with E-state index in [4.69, 9.17) is 8.92 Å². The lowest BCUT2D eigenvalue weighted by Crippen LogP contribution is -2.30. The number of carbonyl (C=O) groups excluding carboxylic acids is 1. The minimum atomic E-state index is -3.56. The molecule has 0 atom stereocenters. The van der Waals surface area contributed by atoms with Gasteiger partial charge in [0, 0.05) is 11.0 Å². The van der Waals surface area contributed by atoms with Gasteiger partial charge in [-0.2, -0.15) is 8.42 Å². The zero-order valence-corrected chi connectivity index (χ0v) is 11.2. The minimum absolute atomic E-state index is 0.224. The zero-order valence-electron chi connectivity index (χ0n) is 10.4. The van der Waals surface area contributed by atoms with Crippen LogP contribution in [0.3, 0.4) is 0 Å². The average Bonchev–Trinajstić information content (AvgIpc) is 2.15. The van der Waals surface area contributed by atoms with Crippen molar-refractivity contribution < 1.29 is 22.1 Å². The highest BCUT2D eigenvalue weighted by Gasteiger charge is 2.34. The van der Waals surface area contributed by atoms with Crippen LogP contribution in [0.1, 0.15) is 25.8 Å². The van der Waals surface area contributed by atoms with Crippen LogP contribution < -0.4 is 8.92 Å². The second kappa shape index (κ2) is 3.98. The number of benzene rings is 1. The Labute approximate surface area is 106 Å². The van der Waals surface area contributed by atoms with Crippen LogP contribution in [-0.2, 0) is 20.3 Å². The van der Waals surface area contributed by atoms with E-state index in [0.717, 1.165) is 11.8 Å². The van der Waals surface area contributed by atoms with Crippen molar-refractivity contribution in [2.75, 3.05) is 6.26 Å². The molecule has 0 aromatic heterocycles. The van der Waals surface area contributed by atoms with Gasteiger partial charge in [-0.15, -0.1) is 0 Å². The molecule has 1 aliphatic heterocycles. The predicted molar refractivity (Wildman–Crippen MR) is 65.2 cm³/mol. The van der Waals surface area contributed by atoms with Crippen molar-refractivity contribution in [2.45, 2.75) is 25.7 Å². The summed E-state index contributed by atoms with van der Waals surface area (Å²) in [5.41, 5.74) is 0.366. The number of hydrogen-bond donors (Lipinski definition) is 0. The number of rotatable bonds is 2. The van der Waals surface area contributed by atoms with Gasteiger partial charge in [-0.3, -0.25) is 4.79 Å². The van der Waals surface area contributed by atoms with Crippen LogP contribution >= 0.6 is 0 Å². The quantitative estimate of drug-likeness (QED) is 0.464. The highest BCUT2D eigenvalue weighted by Crippen LogP contribution is 2.40. The first-order chi connectivity index (χ1) is 8.17. The van der Waals surface area contributed by atoms with E-state index in [2.05, 4.69) is 0 Å². The van der Waals surface area contributed by atoms with Crippen molar-refractivity contribution in [1.82, 2.24) is 0 Å². The van der Waals surface area contributed by atoms with Crippen molar-refractivity contribution in [3.05, 3.63) is 23.8 Å². The van der Waals surface area contributed by atoms with Gasteiger partial charge in [0.1, 0.15) is 11.5 Å². The molecule has 6 heteroatoms. The van der Waals surface area contributed by atoms with E-state index in [1.165, 1.54) is 6.07 Å². The Kier molecular flexibility index (Phi) is 2.85. The first kappa shape index (κ1) is 12.9. The third-order valence-corrected chi connectivity index (χ3v) is 3.23. The van der Waals surface area contributed by atoms with Crippen LogP contribution in [0.25, 0.3) is 0 Å². The summed E-state index contributed by atoms with van der Waals surface area (Å²) in [5.74, 6) is 0.392. The Morgan fingerprint density at radius 1 is 1.33 bits per heavy atom. The lowest BCUT2D eigenvalue weighted by Gasteiger charge is -2.30. The Bertz CT molecular complexity index is 601. The molecule has 1 aliphatic rings. The van der Waals surface area contributed by atoms with Gasteiger partial charge in [-0.25, -0.2) is 0 Å². The van der Waals surface area contributed by atoms with Crippen LogP contribution in [0.15, 0.2) is 18.2 Å². The lowest BCUT2D eigenvalue weighted by molar-refractivity contribution is -0.136. The number of hydrogen-bond acceptors (Lipinski definition) is 5. The Hall–Kier alpha value is -1.56. The highest BCUT2D eigenvalue weighted by atomic mass is 32.2. The van der Waals surface area contributed by atoms with Gasteiger partial charge in [0.15, 0.2) is 0 Å². The second-order valence-corrected chi connectivity index (χ2v) is 6.56. The van der Waals surface area contributed by atoms with E-state index < -0.39 is 15.5 Å². The maximum absolute atomic E-state index is 11.4. The Balaban J connectivity index is 2.46. The molecule has 1 aromatic carbocycles. The molecule has 0 radical (unpaired) electrons. The van der Waals surface area contributed by atoms with Crippen LogP contribution in [0.4, 0.5) is 0 Å². The third-order valence-electron chi connectivity index (χ3n) is 2.74. The molecule has 5 nitrogen and oxygen atoms in total. The Morgan fingerprint density at radius 2 is 2.00 bits per heavy atom. The standard InChI is InChI=1S/C12H14O5S/c1-12(2)7-11(13)16-10-5-4-8(6-9(10)12)17-18(3,14)15/h4-6H,7H2,1-3H3. The van der Waals surface area contributed by atoms with Gasteiger partial charge < -0.3 is 8.92 Å². The molecule has 0 bridgehead atoms. The van der Waals surface area contributed by atoms with E-state index in [9.17, 15) is 13.2 Å². The fraction of sp³-hybridized carbons (Fsp3) is 0.417. The molecule has 0 spiro atoms. The van der Waals surface area contributed by atoms with Crippen LogP contribution in [0, 0.1) is 0 Å². The van der Waals surface area contributed by atoms with Gasteiger partial charge in [0.2, 0.25) is 0 Å². The molecule has 98 valence electrons. The van der Waals surface area contributed by atoms with Crippen molar-refractivity contribution in [3.8, 4) is 11.5 Å². The van der Waals surface area contributed by atoms with E-state index in [-0.39, 0.29) is 18.1 Å². The molecule has 1 heterocycles. The summed E-state index contributed by atoms with van der Waals surface area (Å²) in [6, 6.07) is 4.62. The predicted octanol–water partition coefficient (Wildman–Crippen LogP) is 1.61. The number of ether oxygens (including phenoxy) is 1. The molecule has 0 N–H and O–H groups in total. The maximum atomic E-state index is 11.4. The summed E-state index contributed by atoms with van der Waals surface area (Å²) in [6.45, 7) is 3.80. The summed E-state index contributed by atoms with van der Waals surface area (Å²) in [4.78, 5) is 11.4. The van der Waals surface area contributed by atoms with Gasteiger partial charge in [0.05, 0.1) is 12.7 Å². The van der Waals surface area contributed by atoms with Crippen LogP contribution in [0.5, 0.6) is 11.5 Å². The minimum Gasteiger partial charge on any atom is -0.426 e. The fourth-order valence-corrected chi connectivity index (χ4v) is 2.42. The first-order valence-corrected chi connectivity index (χ1v) is 7.24. The Morgan fingerprint density at radius 3 is 2.61 bits per heavy atom. The fourth-order valence-electron chi connectivity index (χ4n) is 1.97. The summed E-state index contributed by atoms with van der Waals surface area (Å²) in [6.07, 6.45) is 1.24. The molecule has 18 heavy (non-hydrogen) atoms. The monoisotopic (exact) mass is 270 g/mol. The van der Waals surface area contributed by atoms with E-state index >= 15 is 0 Å². The molecule has 0 unspecified atom stereocenters. The summed E-state index contributed by atoms with van der Waals surface area (Å²) in [5, 5.41) is 0. The molecule has 0 aliphatic carbocycles. The molecule has 0 saturated heterocycles. The topological polar surface area (TPSA) is 69.7 Å². The number of fused-ring (bicyclic) bond motifs is 1. The molecule has 0 fully saturated rings. The van der Waals surface area contributed by atoms with Gasteiger partial charge in [-0.1, -0.05) is 13.8 Å². The van der Waals surface area contributed by atoms with E-state index in [1.807, 2.05) is 13.8 Å². The van der Waals surface area contributed by atoms with Crippen LogP contribution in [-0.4, -0.2) is 20.6 Å². The number of esters is 1. The smallest absolute Gasteiger partial charge is 0.312 e. The van der Waals surface area contributed by atoms with Gasteiger partial charge in [0.25, 0.3) is 0 Å². The summed E-state index contributed by atoms with van der Waals surface area (Å²) < 4.78 is 32.1. The maximum Gasteiger partial charge on any atom is 0.312 e. The molecule has 0 amide bonds. The molecule has 1 aromatic rings. The second-order valence-electron chi connectivity index (χ2n) is 4.98. The lowest BCUT2D eigenvalue weighted by atomic mass is 9.79. The van der Waals surface area contributed by atoms with E-state index in [0.29, 0.717) is 5.75 Å². The highest BCUT2D eigenvalue weighted by molar-refractivity contribution is 7.86. The third kappa shape index (κ3) is 2.64. The molecule has 2 rings (SSSR count). The first-order valence-electron chi connectivity index (χ1n) is 5.42. The zero-order chi connectivity index (χ0) is 13.6. The molecule has 0 saturated carbocycles. The summed E-state index contributed by atoms with van der Waals surface area (Å²) in [7, 11) is -3.56. The number of carbonyl (C=O) groups is 1. The average molecular weight is 270 g/mol. The molecular formula is C12H14O5S. The summed E-state index contributed by atoms with van der Waals surface area (Å²) >= 11 is 0. The van der Waals surface area contributed by atoms with Gasteiger partial charge >= 0.3 is 16.1 Å². The van der Waals surface area contributed by atoms with Crippen molar-refractivity contribution in [2.24, 2.45) is 0 Å². The normalized spacial score (nSPS) is 17.8.